The highest BCUT2D eigenvalue weighted by atomic mass is 15.2. The van der Waals surface area contributed by atoms with Gasteiger partial charge in [-0.25, -0.2) is 4.98 Å². The molecule has 4 nitrogen and oxygen atoms in total. The summed E-state index contributed by atoms with van der Waals surface area (Å²) in [6, 6.07) is 9.82. The molecule has 0 radical (unpaired) electrons. The van der Waals surface area contributed by atoms with Crippen LogP contribution in [-0.4, -0.2) is 15.0 Å². The quantitative estimate of drug-likeness (QED) is 0.807. The van der Waals surface area contributed by atoms with Gasteiger partial charge in [0, 0.05) is 5.69 Å². The van der Waals surface area contributed by atoms with Gasteiger partial charge in [0.1, 0.15) is 11.6 Å². The van der Waals surface area contributed by atoms with Crippen molar-refractivity contribution in [2.45, 2.75) is 13.8 Å². The largest absolute Gasteiger partial charge is 0.324 e. The monoisotopic (exact) mass is 200 g/mol. The van der Waals surface area contributed by atoms with Crippen LogP contribution in [0.25, 0.3) is 0 Å². The molecule has 1 aromatic heterocycles. The van der Waals surface area contributed by atoms with Crippen LogP contribution in [0.1, 0.15) is 11.6 Å². The van der Waals surface area contributed by atoms with E-state index in [2.05, 4.69) is 20.3 Å². The van der Waals surface area contributed by atoms with Crippen LogP contribution in [0.3, 0.4) is 0 Å². The lowest BCUT2D eigenvalue weighted by atomic mass is 10.3. The summed E-state index contributed by atoms with van der Waals surface area (Å²) in [7, 11) is 0. The predicted molar refractivity (Wildman–Crippen MR) is 59.0 cm³/mol. The van der Waals surface area contributed by atoms with E-state index < -0.39 is 0 Å². The van der Waals surface area contributed by atoms with Crippen LogP contribution in [0.2, 0.25) is 0 Å². The Balaban J connectivity index is 2.25. The molecule has 2 rings (SSSR count). The molecule has 0 spiro atoms. The molecule has 2 aromatic rings. The first-order chi connectivity index (χ1) is 7.24. The SMILES string of the molecule is Cc1nc(C)nc(Nc2ccccc2)n1. The highest BCUT2D eigenvalue weighted by molar-refractivity contribution is 5.52. The fourth-order valence-electron chi connectivity index (χ4n) is 1.32. The molecule has 76 valence electrons. The van der Waals surface area contributed by atoms with E-state index in [0.717, 1.165) is 17.3 Å². The van der Waals surface area contributed by atoms with Gasteiger partial charge < -0.3 is 5.32 Å². The van der Waals surface area contributed by atoms with Gasteiger partial charge in [-0.2, -0.15) is 9.97 Å². The number of nitrogens with one attached hydrogen (secondary N) is 1. The molecule has 15 heavy (non-hydrogen) atoms. The second-order valence-electron chi connectivity index (χ2n) is 3.24. The summed E-state index contributed by atoms with van der Waals surface area (Å²) in [5, 5.41) is 3.12. The molecular formula is C11H12N4. The first kappa shape index (κ1) is 9.58. The Morgan fingerprint density at radius 2 is 1.47 bits per heavy atom. The average Bonchev–Trinajstić information content (AvgIpc) is 2.17. The van der Waals surface area contributed by atoms with Crippen molar-refractivity contribution in [1.82, 2.24) is 15.0 Å². The minimum atomic E-state index is 0.589. The number of nitrogens with zero attached hydrogens (tertiary/aromatic N) is 3. The summed E-state index contributed by atoms with van der Waals surface area (Å²) in [5.41, 5.74) is 0.975. The Labute approximate surface area is 88.4 Å². The lowest BCUT2D eigenvalue weighted by molar-refractivity contribution is 0.928. The molecule has 0 aliphatic heterocycles. The third-order valence-corrected chi connectivity index (χ3v) is 1.89. The minimum absolute atomic E-state index is 0.589. The van der Waals surface area contributed by atoms with Crippen molar-refractivity contribution in [2.75, 3.05) is 5.32 Å². The minimum Gasteiger partial charge on any atom is -0.324 e. The van der Waals surface area contributed by atoms with Crippen molar-refractivity contribution in [1.29, 1.82) is 0 Å². The fraction of sp³-hybridized carbons (Fsp3) is 0.182. The Morgan fingerprint density at radius 3 is 2.07 bits per heavy atom. The van der Waals surface area contributed by atoms with Crippen molar-refractivity contribution in [3.05, 3.63) is 42.0 Å². The zero-order chi connectivity index (χ0) is 10.7. The molecule has 1 heterocycles. The van der Waals surface area contributed by atoms with Gasteiger partial charge >= 0.3 is 0 Å². The van der Waals surface area contributed by atoms with Crippen LogP contribution in [-0.2, 0) is 0 Å². The highest BCUT2D eigenvalue weighted by Crippen LogP contribution is 2.11. The summed E-state index contributed by atoms with van der Waals surface area (Å²) in [6.45, 7) is 3.70. The van der Waals surface area contributed by atoms with Gasteiger partial charge in [-0.1, -0.05) is 18.2 Å². The van der Waals surface area contributed by atoms with Gasteiger partial charge in [-0.3, -0.25) is 0 Å². The number of aromatic nitrogens is 3. The average molecular weight is 200 g/mol. The first-order valence-corrected chi connectivity index (χ1v) is 4.75. The van der Waals surface area contributed by atoms with E-state index in [1.807, 2.05) is 44.2 Å². The number of hydrogen-bond donors (Lipinski definition) is 1. The first-order valence-electron chi connectivity index (χ1n) is 4.75. The second kappa shape index (κ2) is 4.04. The number of anilines is 2. The lowest BCUT2D eigenvalue weighted by Crippen LogP contribution is -2.02. The Hall–Kier alpha value is -1.97. The third-order valence-electron chi connectivity index (χ3n) is 1.89. The van der Waals surface area contributed by atoms with E-state index in [0.29, 0.717) is 5.95 Å². The molecule has 4 heteroatoms. The number of hydrogen-bond acceptors (Lipinski definition) is 4. The van der Waals surface area contributed by atoms with Crippen molar-refractivity contribution >= 4 is 11.6 Å². The fourth-order valence-corrected chi connectivity index (χ4v) is 1.32. The standard InChI is InChI=1S/C11H12N4/c1-8-12-9(2)14-11(13-8)15-10-6-4-3-5-7-10/h3-7H,1-2H3,(H,12,13,14,15). The number of para-hydroxylation sites is 1. The van der Waals surface area contributed by atoms with Gasteiger partial charge in [0.25, 0.3) is 0 Å². The Bertz CT molecular complexity index is 433. The van der Waals surface area contributed by atoms with Gasteiger partial charge in [0.2, 0.25) is 5.95 Å². The van der Waals surface area contributed by atoms with E-state index >= 15 is 0 Å². The topological polar surface area (TPSA) is 50.7 Å². The predicted octanol–water partition coefficient (Wildman–Crippen LogP) is 2.23. The maximum Gasteiger partial charge on any atom is 0.230 e. The number of benzene rings is 1. The van der Waals surface area contributed by atoms with Crippen LogP contribution in [0.4, 0.5) is 11.6 Å². The molecule has 1 N–H and O–H groups in total. The summed E-state index contributed by atoms with van der Waals surface area (Å²) >= 11 is 0. The van der Waals surface area contributed by atoms with Gasteiger partial charge in [0.15, 0.2) is 0 Å². The van der Waals surface area contributed by atoms with E-state index in [-0.39, 0.29) is 0 Å². The molecule has 0 bridgehead atoms. The summed E-state index contributed by atoms with van der Waals surface area (Å²) < 4.78 is 0. The molecule has 0 amide bonds. The van der Waals surface area contributed by atoms with Crippen molar-refractivity contribution in [3.63, 3.8) is 0 Å². The second-order valence-corrected chi connectivity index (χ2v) is 3.24. The van der Waals surface area contributed by atoms with Gasteiger partial charge in [0.05, 0.1) is 0 Å². The summed E-state index contributed by atoms with van der Waals surface area (Å²) in [4.78, 5) is 12.5. The van der Waals surface area contributed by atoms with E-state index in [4.69, 9.17) is 0 Å². The molecule has 0 saturated carbocycles. The smallest absolute Gasteiger partial charge is 0.230 e. The highest BCUT2D eigenvalue weighted by Gasteiger charge is 1.99. The van der Waals surface area contributed by atoms with E-state index in [1.165, 1.54) is 0 Å². The van der Waals surface area contributed by atoms with E-state index in [9.17, 15) is 0 Å². The normalized spacial score (nSPS) is 10.0. The number of rotatable bonds is 2. The molecule has 0 atom stereocenters. The Morgan fingerprint density at radius 1 is 0.867 bits per heavy atom. The molecule has 1 aromatic carbocycles. The van der Waals surface area contributed by atoms with Crippen molar-refractivity contribution in [3.8, 4) is 0 Å². The zero-order valence-electron chi connectivity index (χ0n) is 8.73. The zero-order valence-corrected chi connectivity index (χ0v) is 8.73. The lowest BCUT2D eigenvalue weighted by Gasteiger charge is -2.05. The van der Waals surface area contributed by atoms with Crippen LogP contribution >= 0.6 is 0 Å². The van der Waals surface area contributed by atoms with Crippen molar-refractivity contribution < 1.29 is 0 Å². The third kappa shape index (κ3) is 2.49. The summed E-state index contributed by atoms with van der Waals surface area (Å²) in [5.74, 6) is 2.04. The van der Waals surface area contributed by atoms with Gasteiger partial charge in [-0.05, 0) is 26.0 Å². The maximum absolute atomic E-state index is 4.20. The molecule has 0 unspecified atom stereocenters. The van der Waals surface area contributed by atoms with Gasteiger partial charge in [-0.15, -0.1) is 0 Å². The van der Waals surface area contributed by atoms with Crippen LogP contribution in [0.5, 0.6) is 0 Å². The molecular weight excluding hydrogens is 188 g/mol. The molecule has 0 aliphatic rings. The molecule has 0 fully saturated rings. The van der Waals surface area contributed by atoms with E-state index in [1.54, 1.807) is 0 Å². The number of aryl methyl sites for hydroxylation is 2. The van der Waals surface area contributed by atoms with Crippen LogP contribution in [0.15, 0.2) is 30.3 Å². The molecule has 0 saturated heterocycles. The van der Waals surface area contributed by atoms with Crippen LogP contribution in [0, 0.1) is 13.8 Å². The molecule has 0 aliphatic carbocycles. The van der Waals surface area contributed by atoms with Crippen molar-refractivity contribution in [2.24, 2.45) is 0 Å². The maximum atomic E-state index is 4.20. The Kier molecular flexibility index (Phi) is 2.58. The summed E-state index contributed by atoms with van der Waals surface area (Å²) in [6.07, 6.45) is 0. The van der Waals surface area contributed by atoms with Crippen LogP contribution < -0.4 is 5.32 Å².